The van der Waals surface area contributed by atoms with Gasteiger partial charge >= 0.3 is 0 Å². The highest BCUT2D eigenvalue weighted by Gasteiger charge is 2.24. The zero-order valence-electron chi connectivity index (χ0n) is 16.5. The molecule has 0 saturated carbocycles. The SMILES string of the molecule is O=C(CN(Cc1ccccc1)CC(F)F)N1CCN(c2ccc([N+](=O)[O-])cc2)CC1. The van der Waals surface area contributed by atoms with E-state index in [1.807, 2.05) is 30.3 Å². The highest BCUT2D eigenvalue weighted by molar-refractivity contribution is 5.78. The van der Waals surface area contributed by atoms with Crippen LogP contribution in [0.5, 0.6) is 0 Å². The lowest BCUT2D eigenvalue weighted by atomic mass is 10.2. The van der Waals surface area contributed by atoms with Gasteiger partial charge in [0.25, 0.3) is 12.1 Å². The van der Waals surface area contributed by atoms with Crippen LogP contribution < -0.4 is 4.90 Å². The van der Waals surface area contributed by atoms with E-state index in [-0.39, 0.29) is 18.1 Å². The van der Waals surface area contributed by atoms with Gasteiger partial charge in [-0.1, -0.05) is 30.3 Å². The summed E-state index contributed by atoms with van der Waals surface area (Å²) in [7, 11) is 0. The number of piperazine rings is 1. The van der Waals surface area contributed by atoms with Crippen LogP contribution >= 0.6 is 0 Å². The van der Waals surface area contributed by atoms with Crippen molar-refractivity contribution in [3.8, 4) is 0 Å². The number of nitro groups is 1. The molecule has 0 aliphatic carbocycles. The van der Waals surface area contributed by atoms with Crippen LogP contribution in [0, 0.1) is 10.1 Å². The van der Waals surface area contributed by atoms with Crippen LogP contribution in [0.3, 0.4) is 0 Å². The van der Waals surface area contributed by atoms with E-state index in [1.165, 1.54) is 17.0 Å². The smallest absolute Gasteiger partial charge is 0.269 e. The van der Waals surface area contributed by atoms with Gasteiger partial charge in [0.05, 0.1) is 18.0 Å². The zero-order chi connectivity index (χ0) is 21.5. The van der Waals surface area contributed by atoms with E-state index >= 15 is 0 Å². The fourth-order valence-corrected chi connectivity index (χ4v) is 3.51. The molecule has 30 heavy (non-hydrogen) atoms. The van der Waals surface area contributed by atoms with Crippen LogP contribution in [-0.4, -0.2) is 66.3 Å². The normalized spacial score (nSPS) is 14.4. The summed E-state index contributed by atoms with van der Waals surface area (Å²) in [5, 5.41) is 10.8. The van der Waals surface area contributed by atoms with Crippen LogP contribution in [0.25, 0.3) is 0 Å². The van der Waals surface area contributed by atoms with Crippen LogP contribution in [0.2, 0.25) is 0 Å². The van der Waals surface area contributed by atoms with Crippen LogP contribution in [0.1, 0.15) is 5.56 Å². The molecule has 3 rings (SSSR count). The Hall–Kier alpha value is -3.07. The first-order valence-corrected chi connectivity index (χ1v) is 9.74. The Bertz CT molecular complexity index is 841. The lowest BCUT2D eigenvalue weighted by molar-refractivity contribution is -0.384. The number of rotatable bonds is 8. The van der Waals surface area contributed by atoms with E-state index in [2.05, 4.69) is 4.90 Å². The maximum absolute atomic E-state index is 13.0. The van der Waals surface area contributed by atoms with Crippen LogP contribution in [-0.2, 0) is 11.3 Å². The van der Waals surface area contributed by atoms with Gasteiger partial charge in [-0.2, -0.15) is 0 Å². The molecule has 2 aromatic rings. The molecule has 0 bridgehead atoms. The molecule has 0 atom stereocenters. The Balaban J connectivity index is 1.54. The number of benzene rings is 2. The molecule has 160 valence electrons. The molecule has 1 heterocycles. The summed E-state index contributed by atoms with van der Waals surface area (Å²) in [6, 6.07) is 15.6. The second kappa shape index (κ2) is 10.1. The number of anilines is 1. The van der Waals surface area contributed by atoms with Gasteiger partial charge in [-0.05, 0) is 17.7 Å². The molecule has 0 N–H and O–H groups in total. The van der Waals surface area contributed by atoms with Gasteiger partial charge in [-0.15, -0.1) is 0 Å². The number of carbonyl (C=O) groups is 1. The zero-order valence-corrected chi connectivity index (χ0v) is 16.5. The molecule has 2 aromatic carbocycles. The van der Waals surface area contributed by atoms with Crippen molar-refractivity contribution in [2.24, 2.45) is 0 Å². The van der Waals surface area contributed by atoms with E-state index in [9.17, 15) is 23.7 Å². The molecule has 0 unspecified atom stereocenters. The minimum atomic E-state index is -2.51. The number of hydrogen-bond donors (Lipinski definition) is 0. The maximum atomic E-state index is 13.0. The molecule has 0 spiro atoms. The standard InChI is InChI=1S/C21H24F2N4O3/c22-20(23)15-24(14-17-4-2-1-3-5-17)16-21(28)26-12-10-25(11-13-26)18-6-8-19(9-7-18)27(29)30/h1-9,20H,10-16H2. The highest BCUT2D eigenvalue weighted by atomic mass is 19.3. The Morgan fingerprint density at radius 2 is 1.67 bits per heavy atom. The third-order valence-corrected chi connectivity index (χ3v) is 5.06. The number of carbonyl (C=O) groups excluding carboxylic acids is 1. The summed E-state index contributed by atoms with van der Waals surface area (Å²) < 4.78 is 26.0. The molecule has 1 aliphatic heterocycles. The molecule has 9 heteroatoms. The van der Waals surface area contributed by atoms with E-state index in [1.54, 1.807) is 17.0 Å². The quantitative estimate of drug-likeness (QED) is 0.487. The van der Waals surface area contributed by atoms with E-state index in [4.69, 9.17) is 0 Å². The summed E-state index contributed by atoms with van der Waals surface area (Å²) in [5.74, 6) is -0.171. The van der Waals surface area contributed by atoms with Crippen LogP contribution in [0.15, 0.2) is 54.6 Å². The number of nitrogens with zero attached hydrogens (tertiary/aromatic N) is 4. The Labute approximate surface area is 173 Å². The first-order valence-electron chi connectivity index (χ1n) is 9.74. The fraction of sp³-hybridized carbons (Fsp3) is 0.381. The second-order valence-electron chi connectivity index (χ2n) is 7.19. The maximum Gasteiger partial charge on any atom is 0.269 e. The summed E-state index contributed by atoms with van der Waals surface area (Å²) in [6.07, 6.45) is -2.51. The monoisotopic (exact) mass is 418 g/mol. The number of non-ortho nitro benzene ring substituents is 1. The summed E-state index contributed by atoms with van der Waals surface area (Å²) in [5.41, 5.74) is 1.77. The molecule has 7 nitrogen and oxygen atoms in total. The molecule has 0 aromatic heterocycles. The molecular weight excluding hydrogens is 394 g/mol. The number of alkyl halides is 2. The average molecular weight is 418 g/mol. The molecule has 1 fully saturated rings. The number of halogens is 2. The van der Waals surface area contributed by atoms with Crippen molar-refractivity contribution in [1.29, 1.82) is 0 Å². The highest BCUT2D eigenvalue weighted by Crippen LogP contribution is 2.21. The number of nitro benzene ring substituents is 1. The predicted molar refractivity (Wildman–Crippen MR) is 110 cm³/mol. The predicted octanol–water partition coefficient (Wildman–Crippen LogP) is 3.01. The van der Waals surface area contributed by atoms with E-state index < -0.39 is 17.9 Å². The van der Waals surface area contributed by atoms with Crippen molar-refractivity contribution in [3.63, 3.8) is 0 Å². The van der Waals surface area contributed by atoms with Gasteiger partial charge < -0.3 is 9.80 Å². The average Bonchev–Trinajstić information content (AvgIpc) is 2.74. The van der Waals surface area contributed by atoms with Crippen molar-refractivity contribution in [1.82, 2.24) is 9.80 Å². The third-order valence-electron chi connectivity index (χ3n) is 5.06. The summed E-state index contributed by atoms with van der Waals surface area (Å²) >= 11 is 0. The summed E-state index contributed by atoms with van der Waals surface area (Å²) in [6.45, 7) is 1.89. The van der Waals surface area contributed by atoms with Gasteiger partial charge in [-0.3, -0.25) is 19.8 Å². The molecule has 0 radical (unpaired) electrons. The number of hydrogen-bond acceptors (Lipinski definition) is 5. The van der Waals surface area contributed by atoms with Gasteiger partial charge in [0.1, 0.15) is 0 Å². The van der Waals surface area contributed by atoms with Crippen molar-refractivity contribution < 1.29 is 18.5 Å². The van der Waals surface area contributed by atoms with E-state index in [0.717, 1.165) is 11.3 Å². The Morgan fingerprint density at radius 3 is 2.23 bits per heavy atom. The van der Waals surface area contributed by atoms with Crippen LogP contribution in [0.4, 0.5) is 20.2 Å². The lowest BCUT2D eigenvalue weighted by Crippen LogP contribution is -2.51. The third kappa shape index (κ3) is 5.96. The fourth-order valence-electron chi connectivity index (χ4n) is 3.51. The Kier molecular flexibility index (Phi) is 7.29. The van der Waals surface area contributed by atoms with Crippen molar-refractivity contribution in [2.75, 3.05) is 44.2 Å². The van der Waals surface area contributed by atoms with Crippen molar-refractivity contribution >= 4 is 17.3 Å². The molecular formula is C21H24F2N4O3. The minimum absolute atomic E-state index is 0.0325. The van der Waals surface area contributed by atoms with Crippen molar-refractivity contribution in [2.45, 2.75) is 13.0 Å². The molecule has 1 amide bonds. The summed E-state index contributed by atoms with van der Waals surface area (Å²) in [4.78, 5) is 28.2. The Morgan fingerprint density at radius 1 is 1.03 bits per heavy atom. The topological polar surface area (TPSA) is 69.9 Å². The minimum Gasteiger partial charge on any atom is -0.368 e. The largest absolute Gasteiger partial charge is 0.368 e. The molecule has 1 saturated heterocycles. The first kappa shape index (κ1) is 21.6. The van der Waals surface area contributed by atoms with Gasteiger partial charge in [0, 0.05) is 50.5 Å². The van der Waals surface area contributed by atoms with Gasteiger partial charge in [0.15, 0.2) is 0 Å². The van der Waals surface area contributed by atoms with Gasteiger partial charge in [-0.25, -0.2) is 8.78 Å². The first-order chi connectivity index (χ1) is 14.4. The molecule has 1 aliphatic rings. The lowest BCUT2D eigenvalue weighted by Gasteiger charge is -2.37. The van der Waals surface area contributed by atoms with Gasteiger partial charge in [0.2, 0.25) is 5.91 Å². The van der Waals surface area contributed by atoms with Crippen molar-refractivity contribution in [3.05, 3.63) is 70.3 Å². The van der Waals surface area contributed by atoms with E-state index in [0.29, 0.717) is 32.7 Å². The second-order valence-corrected chi connectivity index (χ2v) is 7.19. The number of amides is 1.